The van der Waals surface area contributed by atoms with Crippen molar-refractivity contribution in [2.24, 2.45) is 0 Å². The molecule has 9 aromatic carbocycles. The lowest BCUT2D eigenvalue weighted by molar-refractivity contribution is 1.40. The van der Waals surface area contributed by atoms with Crippen LogP contribution in [0.25, 0.3) is 87.2 Å². The van der Waals surface area contributed by atoms with Crippen LogP contribution in [-0.4, -0.2) is 0 Å². The zero-order chi connectivity index (χ0) is 29.5. The molecule has 0 amide bonds. The molecule has 0 aliphatic carbocycles. The molecule has 0 fully saturated rings. The van der Waals surface area contributed by atoms with Crippen LogP contribution in [0.4, 0.5) is 0 Å². The molecule has 0 spiro atoms. The van der Waals surface area contributed by atoms with Gasteiger partial charge in [-0.2, -0.15) is 0 Å². The Balaban J connectivity index is 1.39. The Hall–Kier alpha value is -5.37. The van der Waals surface area contributed by atoms with Gasteiger partial charge in [0.25, 0.3) is 0 Å². The van der Waals surface area contributed by atoms with Crippen molar-refractivity contribution in [2.75, 3.05) is 0 Å². The average molecular weight is 587 g/mol. The molecule has 10 rings (SSSR count). The van der Waals surface area contributed by atoms with Crippen LogP contribution in [0.1, 0.15) is 0 Å². The minimum absolute atomic E-state index is 1.26. The monoisotopic (exact) mass is 586 g/mol. The van der Waals surface area contributed by atoms with Gasteiger partial charge in [-0.05, 0) is 106 Å². The molecule has 1 aliphatic heterocycles. The van der Waals surface area contributed by atoms with E-state index in [1.807, 2.05) is 11.8 Å². The van der Waals surface area contributed by atoms with Gasteiger partial charge < -0.3 is 0 Å². The normalized spacial score (nSPS) is 12.4. The van der Waals surface area contributed by atoms with Crippen LogP contribution in [0.5, 0.6) is 0 Å². The first-order valence-corrected chi connectivity index (χ1v) is 16.3. The summed E-state index contributed by atoms with van der Waals surface area (Å²) in [5.41, 5.74) is 7.80. The molecule has 0 radical (unpaired) electrons. The fourth-order valence-electron chi connectivity index (χ4n) is 7.68. The van der Waals surface area contributed by atoms with Gasteiger partial charge in [0.2, 0.25) is 0 Å². The van der Waals surface area contributed by atoms with Gasteiger partial charge in [-0.3, -0.25) is 0 Å². The molecular weight excluding hydrogens is 561 g/mol. The quantitative estimate of drug-likeness (QED) is 0.143. The van der Waals surface area contributed by atoms with Gasteiger partial charge in [0, 0.05) is 15.2 Å². The van der Waals surface area contributed by atoms with E-state index in [0.717, 1.165) is 0 Å². The molecule has 45 heavy (non-hydrogen) atoms. The third-order valence-corrected chi connectivity index (χ3v) is 10.8. The summed E-state index contributed by atoms with van der Waals surface area (Å²) in [6.45, 7) is 0. The third kappa shape index (κ3) is 3.62. The minimum Gasteiger partial charge on any atom is -0.0888 e. The Bertz CT molecular complexity index is 2670. The maximum Gasteiger partial charge on any atom is 0.0207 e. The summed E-state index contributed by atoms with van der Waals surface area (Å²) in [6, 6.07) is 58.6. The number of rotatable bonds is 2. The summed E-state index contributed by atoms with van der Waals surface area (Å²) >= 11 is 1.89. The Labute approximate surface area is 265 Å². The number of benzene rings is 9. The summed E-state index contributed by atoms with van der Waals surface area (Å²) in [6.07, 6.45) is 0. The van der Waals surface area contributed by atoms with E-state index in [4.69, 9.17) is 0 Å². The van der Waals surface area contributed by atoms with E-state index in [1.165, 1.54) is 97.0 Å². The Morgan fingerprint density at radius 1 is 0.289 bits per heavy atom. The molecule has 0 N–H and O–H groups in total. The summed E-state index contributed by atoms with van der Waals surface area (Å²) < 4.78 is 0. The zero-order valence-corrected chi connectivity index (χ0v) is 25.2. The van der Waals surface area contributed by atoms with Crippen LogP contribution in [0.2, 0.25) is 0 Å². The van der Waals surface area contributed by atoms with E-state index in [0.29, 0.717) is 0 Å². The maximum absolute atomic E-state index is 2.43. The van der Waals surface area contributed by atoms with Gasteiger partial charge in [0.15, 0.2) is 0 Å². The van der Waals surface area contributed by atoms with E-state index >= 15 is 0 Å². The van der Waals surface area contributed by atoms with Crippen LogP contribution in [0.3, 0.4) is 0 Å². The van der Waals surface area contributed by atoms with E-state index in [2.05, 4.69) is 158 Å². The fourth-order valence-corrected chi connectivity index (χ4v) is 8.81. The second-order valence-electron chi connectivity index (χ2n) is 12.0. The summed E-state index contributed by atoms with van der Waals surface area (Å²) in [7, 11) is 0. The topological polar surface area (TPSA) is 0 Å². The smallest absolute Gasteiger partial charge is 0.0207 e. The molecule has 208 valence electrons. The van der Waals surface area contributed by atoms with Crippen LogP contribution in [0, 0.1) is 0 Å². The molecule has 0 saturated carbocycles. The van der Waals surface area contributed by atoms with Crippen LogP contribution in [-0.2, 0) is 0 Å². The predicted octanol–water partition coefficient (Wildman–Crippen LogP) is 12.9. The molecule has 0 saturated heterocycles. The number of fused-ring (bicyclic) bond motifs is 7. The van der Waals surface area contributed by atoms with Crippen molar-refractivity contribution in [1.82, 2.24) is 0 Å². The molecule has 9 aromatic rings. The van der Waals surface area contributed by atoms with Gasteiger partial charge in [-0.1, -0.05) is 145 Å². The summed E-state index contributed by atoms with van der Waals surface area (Å²) in [5.74, 6) is 0. The lowest BCUT2D eigenvalue weighted by atomic mass is 9.83. The van der Waals surface area contributed by atoms with Gasteiger partial charge in [0.1, 0.15) is 0 Å². The van der Waals surface area contributed by atoms with Crippen molar-refractivity contribution < 1.29 is 0 Å². The first-order valence-electron chi connectivity index (χ1n) is 15.5. The maximum atomic E-state index is 2.43. The molecule has 1 heterocycles. The molecule has 0 unspecified atom stereocenters. The van der Waals surface area contributed by atoms with E-state index in [-0.39, 0.29) is 0 Å². The summed E-state index contributed by atoms with van der Waals surface area (Å²) in [5, 5.41) is 12.9. The van der Waals surface area contributed by atoms with E-state index < -0.39 is 0 Å². The van der Waals surface area contributed by atoms with Crippen molar-refractivity contribution >= 4 is 65.6 Å². The Kier molecular flexibility index (Phi) is 5.31. The zero-order valence-electron chi connectivity index (χ0n) is 24.4. The SMILES string of the molecule is c1ccc2c(c1)Sc1ccc(-c3cc4ccccc4c4c(-c5cccc6ccccc56)c5ccccc5cc34)c3cccc-2c13. The van der Waals surface area contributed by atoms with E-state index in [1.54, 1.807) is 0 Å². The number of hydrogen-bond acceptors (Lipinski definition) is 1. The van der Waals surface area contributed by atoms with Crippen LogP contribution in [0.15, 0.2) is 168 Å². The van der Waals surface area contributed by atoms with Gasteiger partial charge >= 0.3 is 0 Å². The number of hydrogen-bond donors (Lipinski definition) is 0. The Morgan fingerprint density at radius 3 is 1.80 bits per heavy atom. The molecule has 0 aromatic heterocycles. The van der Waals surface area contributed by atoms with Crippen molar-refractivity contribution in [3.63, 3.8) is 0 Å². The third-order valence-electron chi connectivity index (χ3n) is 9.62. The van der Waals surface area contributed by atoms with Crippen molar-refractivity contribution in [3.05, 3.63) is 158 Å². The highest BCUT2D eigenvalue weighted by molar-refractivity contribution is 7.99. The highest BCUT2D eigenvalue weighted by Crippen LogP contribution is 2.51. The molecule has 0 bridgehead atoms. The van der Waals surface area contributed by atoms with Gasteiger partial charge in [0.05, 0.1) is 0 Å². The van der Waals surface area contributed by atoms with Crippen LogP contribution >= 0.6 is 11.8 Å². The van der Waals surface area contributed by atoms with Crippen LogP contribution < -0.4 is 0 Å². The average Bonchev–Trinajstić information content (AvgIpc) is 3.10. The fraction of sp³-hybridized carbons (Fsp3) is 0. The van der Waals surface area contributed by atoms with E-state index in [9.17, 15) is 0 Å². The lowest BCUT2D eigenvalue weighted by Crippen LogP contribution is -1.95. The molecule has 0 nitrogen and oxygen atoms in total. The predicted molar refractivity (Wildman–Crippen MR) is 194 cm³/mol. The highest BCUT2D eigenvalue weighted by atomic mass is 32.2. The molecule has 1 heteroatoms. The second-order valence-corrected chi connectivity index (χ2v) is 13.1. The van der Waals surface area contributed by atoms with Gasteiger partial charge in [-0.25, -0.2) is 0 Å². The van der Waals surface area contributed by atoms with Crippen molar-refractivity contribution in [1.29, 1.82) is 0 Å². The highest BCUT2D eigenvalue weighted by Gasteiger charge is 2.23. The standard InChI is InChI=1S/C44H26S/c1-4-15-30-27(11-1)14-9-19-35(30)43-31-16-5-3-13-29(31)26-39-38(25-28-12-2-6-17-32(28)44(39)43)33-23-24-41-42-36(33)20-10-21-37(42)34-18-7-8-22-40(34)45-41/h1-26H. The largest absolute Gasteiger partial charge is 0.0888 e. The van der Waals surface area contributed by atoms with Gasteiger partial charge in [-0.15, -0.1) is 0 Å². The second kappa shape index (κ2) is 9.56. The minimum atomic E-state index is 1.26. The molecular formula is C44H26S. The van der Waals surface area contributed by atoms with Crippen molar-refractivity contribution in [3.8, 4) is 33.4 Å². The lowest BCUT2D eigenvalue weighted by Gasteiger charge is -2.23. The first-order chi connectivity index (χ1) is 22.3. The first kappa shape index (κ1) is 25.0. The Morgan fingerprint density at radius 2 is 0.911 bits per heavy atom. The van der Waals surface area contributed by atoms with Crippen molar-refractivity contribution in [2.45, 2.75) is 9.79 Å². The molecule has 1 aliphatic rings. The molecule has 0 atom stereocenters. The summed E-state index contributed by atoms with van der Waals surface area (Å²) in [4.78, 5) is 2.66.